The van der Waals surface area contributed by atoms with Gasteiger partial charge < -0.3 is 4.90 Å². The Morgan fingerprint density at radius 1 is 0.865 bits per heavy atom. The molecule has 0 N–H and O–H groups in total. The van der Waals surface area contributed by atoms with Crippen LogP contribution >= 0.6 is 22.9 Å². The van der Waals surface area contributed by atoms with Crippen molar-refractivity contribution in [3.8, 4) is 0 Å². The van der Waals surface area contributed by atoms with E-state index in [1.54, 1.807) is 11.3 Å². The van der Waals surface area contributed by atoms with E-state index in [1.807, 2.05) is 36.3 Å². The van der Waals surface area contributed by atoms with Crippen LogP contribution < -0.4 is 0 Å². The fourth-order valence-corrected chi connectivity index (χ4v) is 5.55. The van der Waals surface area contributed by atoms with Gasteiger partial charge in [0.2, 0.25) is 0 Å². The molecule has 1 aromatic heterocycles. The number of aromatic nitrogens is 1. The van der Waals surface area contributed by atoms with Crippen molar-refractivity contribution in [2.45, 2.75) is 39.3 Å². The largest absolute Gasteiger partial charge is 0.338 e. The smallest absolute Gasteiger partial charge is 0.273 e. The fraction of sp³-hybridized carbons (Fsp3) is 0.290. The van der Waals surface area contributed by atoms with Crippen LogP contribution in [0.4, 0.5) is 0 Å². The minimum Gasteiger partial charge on any atom is -0.338 e. The predicted molar refractivity (Wildman–Crippen MR) is 154 cm³/mol. The summed E-state index contributed by atoms with van der Waals surface area (Å²) >= 11 is 7.70. The summed E-state index contributed by atoms with van der Waals surface area (Å²) in [5.74, 6) is 0.302. The van der Waals surface area contributed by atoms with E-state index >= 15 is 0 Å². The third-order valence-corrected chi connectivity index (χ3v) is 7.72. The third kappa shape index (κ3) is 7.51. The third-order valence-electron chi connectivity index (χ3n) is 6.64. The second-order valence-electron chi connectivity index (χ2n) is 9.10. The Labute approximate surface area is 229 Å². The number of nitrogens with zero attached hydrogens (tertiary/aromatic N) is 3. The Balaban J connectivity index is 1.54. The van der Waals surface area contributed by atoms with E-state index in [2.05, 4.69) is 77.7 Å². The van der Waals surface area contributed by atoms with Gasteiger partial charge in [-0.15, -0.1) is 11.3 Å². The van der Waals surface area contributed by atoms with Crippen LogP contribution in [-0.2, 0) is 13.1 Å². The Kier molecular flexibility index (Phi) is 9.89. The van der Waals surface area contributed by atoms with Crippen molar-refractivity contribution >= 4 is 28.8 Å². The number of carbonyl (C=O) groups is 1. The molecular formula is C31H34ClN3OS. The van der Waals surface area contributed by atoms with Crippen LogP contribution in [0, 0.1) is 0 Å². The van der Waals surface area contributed by atoms with E-state index < -0.39 is 0 Å². The molecule has 0 aliphatic carbocycles. The van der Waals surface area contributed by atoms with Crippen molar-refractivity contribution in [2.75, 3.05) is 19.6 Å². The van der Waals surface area contributed by atoms with Crippen LogP contribution in [0.2, 0.25) is 5.02 Å². The van der Waals surface area contributed by atoms with Crippen molar-refractivity contribution in [2.24, 2.45) is 0 Å². The van der Waals surface area contributed by atoms with Gasteiger partial charge in [0.25, 0.3) is 5.91 Å². The van der Waals surface area contributed by atoms with Crippen molar-refractivity contribution in [3.63, 3.8) is 0 Å². The number of rotatable bonds is 12. The van der Waals surface area contributed by atoms with Crippen LogP contribution in [0.15, 0.2) is 90.3 Å². The van der Waals surface area contributed by atoms with Gasteiger partial charge in [0.05, 0.1) is 6.54 Å². The topological polar surface area (TPSA) is 36.4 Å². The van der Waals surface area contributed by atoms with Gasteiger partial charge in [-0.25, -0.2) is 4.98 Å². The van der Waals surface area contributed by atoms with Gasteiger partial charge in [-0.1, -0.05) is 84.4 Å². The lowest BCUT2D eigenvalue weighted by Crippen LogP contribution is -2.30. The lowest BCUT2D eigenvalue weighted by molar-refractivity contribution is 0.0767. The lowest BCUT2D eigenvalue weighted by Gasteiger charge is -2.25. The Bertz CT molecular complexity index is 1200. The van der Waals surface area contributed by atoms with Crippen molar-refractivity contribution < 1.29 is 4.79 Å². The highest BCUT2D eigenvalue weighted by molar-refractivity contribution is 7.09. The van der Waals surface area contributed by atoms with Crippen LogP contribution in [0.5, 0.6) is 0 Å². The molecule has 4 aromatic rings. The van der Waals surface area contributed by atoms with E-state index in [9.17, 15) is 4.79 Å². The molecular weight excluding hydrogens is 498 g/mol. The maximum atomic E-state index is 12.8. The zero-order valence-electron chi connectivity index (χ0n) is 21.5. The molecule has 0 fully saturated rings. The first-order chi connectivity index (χ1) is 18.1. The molecule has 4 rings (SSSR count). The van der Waals surface area contributed by atoms with Crippen LogP contribution in [0.25, 0.3) is 0 Å². The summed E-state index contributed by atoms with van der Waals surface area (Å²) in [6.45, 7) is 7.73. The number of thiazole rings is 1. The van der Waals surface area contributed by atoms with Crippen LogP contribution in [-0.4, -0.2) is 40.3 Å². The number of carbonyl (C=O) groups excluding carboxylic acids is 1. The normalized spacial score (nSPS) is 11.3. The van der Waals surface area contributed by atoms with Gasteiger partial charge >= 0.3 is 0 Å². The minimum atomic E-state index is 0.00460. The van der Waals surface area contributed by atoms with Gasteiger partial charge in [-0.05, 0) is 55.6 Å². The summed E-state index contributed by atoms with van der Waals surface area (Å²) in [4.78, 5) is 21.8. The van der Waals surface area contributed by atoms with Gasteiger partial charge in [-0.2, -0.15) is 0 Å². The molecule has 3 aromatic carbocycles. The molecule has 0 atom stereocenters. The molecule has 4 nitrogen and oxygen atoms in total. The van der Waals surface area contributed by atoms with Crippen LogP contribution in [0.1, 0.15) is 58.4 Å². The average Bonchev–Trinajstić information content (AvgIpc) is 3.40. The van der Waals surface area contributed by atoms with Gasteiger partial charge in [-0.3, -0.25) is 9.69 Å². The van der Waals surface area contributed by atoms with Gasteiger partial charge in [0.15, 0.2) is 0 Å². The number of halogens is 1. The first kappa shape index (κ1) is 27.1. The summed E-state index contributed by atoms with van der Waals surface area (Å²) in [5, 5.41) is 3.59. The highest BCUT2D eigenvalue weighted by Gasteiger charge is 2.20. The fourth-order valence-electron chi connectivity index (χ4n) is 4.62. The molecule has 37 heavy (non-hydrogen) atoms. The van der Waals surface area contributed by atoms with E-state index in [1.165, 1.54) is 16.7 Å². The predicted octanol–water partition coefficient (Wildman–Crippen LogP) is 7.50. The van der Waals surface area contributed by atoms with Crippen LogP contribution in [0.3, 0.4) is 0 Å². The van der Waals surface area contributed by atoms with E-state index in [0.29, 0.717) is 31.2 Å². The van der Waals surface area contributed by atoms with E-state index in [0.717, 1.165) is 29.5 Å². The van der Waals surface area contributed by atoms with E-state index in [4.69, 9.17) is 16.6 Å². The first-order valence-electron chi connectivity index (χ1n) is 12.9. The standard InChI is InChI=1S/C31H34ClN3OS/c1-3-35(4-2)31(36)29-23-37-30(33-29)22-34(21-24-15-17-27(32)18-16-24)20-19-28(25-11-7-5-8-12-25)26-13-9-6-10-14-26/h5-18,23,28H,3-4,19-22H2,1-2H3. The molecule has 6 heteroatoms. The molecule has 0 saturated carbocycles. The molecule has 0 unspecified atom stereocenters. The number of amides is 1. The number of hydrogen-bond acceptors (Lipinski definition) is 4. The summed E-state index contributed by atoms with van der Waals surface area (Å²) in [5.41, 5.74) is 4.39. The number of hydrogen-bond donors (Lipinski definition) is 0. The molecule has 0 radical (unpaired) electrons. The summed E-state index contributed by atoms with van der Waals surface area (Å²) in [6, 6.07) is 29.5. The highest BCUT2D eigenvalue weighted by atomic mass is 35.5. The van der Waals surface area contributed by atoms with Crippen molar-refractivity contribution in [3.05, 3.63) is 123 Å². The zero-order valence-corrected chi connectivity index (χ0v) is 23.1. The van der Waals surface area contributed by atoms with Gasteiger partial charge in [0.1, 0.15) is 10.7 Å². The molecule has 192 valence electrons. The molecule has 0 saturated heterocycles. The molecule has 0 aliphatic rings. The lowest BCUT2D eigenvalue weighted by atomic mass is 9.88. The number of benzene rings is 3. The minimum absolute atomic E-state index is 0.00460. The van der Waals surface area contributed by atoms with Gasteiger partial charge in [0, 0.05) is 36.0 Å². The summed E-state index contributed by atoms with van der Waals surface area (Å²) in [6.07, 6.45) is 0.970. The maximum Gasteiger partial charge on any atom is 0.273 e. The second kappa shape index (κ2) is 13.5. The highest BCUT2D eigenvalue weighted by Crippen LogP contribution is 2.29. The molecule has 1 heterocycles. The first-order valence-corrected chi connectivity index (χ1v) is 14.1. The summed E-state index contributed by atoms with van der Waals surface area (Å²) in [7, 11) is 0. The molecule has 0 spiro atoms. The molecule has 1 amide bonds. The Hall–Kier alpha value is -2.99. The molecule has 0 bridgehead atoms. The second-order valence-corrected chi connectivity index (χ2v) is 10.5. The Morgan fingerprint density at radius 3 is 2.03 bits per heavy atom. The molecule has 0 aliphatic heterocycles. The Morgan fingerprint density at radius 2 is 1.46 bits per heavy atom. The van der Waals surface area contributed by atoms with Crippen molar-refractivity contribution in [1.82, 2.24) is 14.8 Å². The maximum absolute atomic E-state index is 12.8. The average molecular weight is 532 g/mol. The zero-order chi connectivity index (χ0) is 26.0. The monoisotopic (exact) mass is 531 g/mol. The quantitative estimate of drug-likeness (QED) is 0.190. The van der Waals surface area contributed by atoms with E-state index in [-0.39, 0.29) is 5.91 Å². The summed E-state index contributed by atoms with van der Waals surface area (Å²) < 4.78 is 0. The van der Waals surface area contributed by atoms with Crippen molar-refractivity contribution in [1.29, 1.82) is 0 Å². The SMILES string of the molecule is CCN(CC)C(=O)c1csc(CN(CCC(c2ccccc2)c2ccccc2)Cc2ccc(Cl)cc2)n1.